The number of benzene rings is 1. The number of fused-ring (bicyclic) bond motifs is 5. The summed E-state index contributed by atoms with van der Waals surface area (Å²) < 4.78 is 43.5. The molecule has 0 spiro atoms. The number of nitriles is 1. The van der Waals surface area contributed by atoms with Gasteiger partial charge in [-0.1, -0.05) is 11.3 Å². The van der Waals surface area contributed by atoms with Gasteiger partial charge in [-0.3, -0.25) is 14.3 Å². The van der Waals surface area contributed by atoms with Crippen molar-refractivity contribution in [3.05, 3.63) is 39.9 Å². The number of hydrogen-bond acceptors (Lipinski definition) is 11. The molecule has 0 saturated carbocycles. The first-order valence-electron chi connectivity index (χ1n) is 16.3. The molecule has 47 heavy (non-hydrogen) atoms. The highest BCUT2D eigenvalue weighted by Crippen LogP contribution is 2.43. The summed E-state index contributed by atoms with van der Waals surface area (Å²) in [6.45, 7) is 3.34. The molecular weight excluding hydrogens is 626 g/mol. The lowest BCUT2D eigenvalue weighted by Crippen LogP contribution is -2.51. The second kappa shape index (κ2) is 10.8. The maximum absolute atomic E-state index is 14.9. The van der Waals surface area contributed by atoms with Gasteiger partial charge in [-0.05, 0) is 50.4 Å². The molecule has 2 unspecified atom stereocenters. The largest absolute Gasteiger partial charge is 0.475 e. The Bertz CT molecular complexity index is 2030. The van der Waals surface area contributed by atoms with E-state index in [-0.39, 0.29) is 46.9 Å². The highest BCUT2D eigenvalue weighted by Gasteiger charge is 2.49. The first-order valence-corrected chi connectivity index (χ1v) is 17.1. The number of hydrogen-bond donors (Lipinski definition) is 2. The van der Waals surface area contributed by atoms with Crippen molar-refractivity contribution in [2.45, 2.75) is 61.9 Å². The quantitative estimate of drug-likeness (QED) is 0.315. The van der Waals surface area contributed by atoms with Crippen LogP contribution in [0.2, 0.25) is 0 Å². The number of nitrogen functional groups attached to an aromatic ring is 1. The number of rotatable bonds is 6. The Kier molecular flexibility index (Phi) is 6.73. The van der Waals surface area contributed by atoms with Crippen LogP contribution in [0.4, 0.5) is 19.6 Å². The molecular formula is C33H34F2N8O3S. The topological polar surface area (TPSA) is 135 Å². The van der Waals surface area contributed by atoms with Gasteiger partial charge in [-0.15, -0.1) is 0 Å². The lowest BCUT2D eigenvalue weighted by Gasteiger charge is -2.36. The SMILES string of the molecule is N#Cc1c(OC[C@@]23CCCN2C[C@H](F)C3)nc2cc(-c3ccc(F)c4sc(N)nc34)n(C3COC3)c(=O)c2c1N1CC2CCC(C1)N2. The summed E-state index contributed by atoms with van der Waals surface area (Å²) in [6, 6.07) is 7.36. The van der Waals surface area contributed by atoms with E-state index in [0.717, 1.165) is 43.6 Å². The van der Waals surface area contributed by atoms with Crippen LogP contribution in [0.1, 0.15) is 43.7 Å². The third-order valence-electron chi connectivity index (χ3n) is 10.8. The van der Waals surface area contributed by atoms with E-state index in [9.17, 15) is 18.8 Å². The molecule has 5 fully saturated rings. The van der Waals surface area contributed by atoms with Crippen LogP contribution in [-0.2, 0) is 4.74 Å². The zero-order valence-electron chi connectivity index (χ0n) is 25.7. The molecule has 4 atom stereocenters. The van der Waals surface area contributed by atoms with E-state index in [1.807, 2.05) is 6.07 Å². The van der Waals surface area contributed by atoms with E-state index in [1.165, 1.54) is 6.07 Å². The number of nitrogens with zero attached hydrogens (tertiary/aromatic N) is 6. The van der Waals surface area contributed by atoms with Crippen LogP contribution in [0.3, 0.4) is 0 Å². The molecule has 5 aliphatic heterocycles. The molecule has 0 aliphatic carbocycles. The number of nitrogens with two attached hydrogens (primary N) is 1. The zero-order valence-corrected chi connectivity index (χ0v) is 26.5. The lowest BCUT2D eigenvalue weighted by atomic mass is 9.95. The molecule has 14 heteroatoms. The van der Waals surface area contributed by atoms with Crippen molar-refractivity contribution in [3.8, 4) is 23.2 Å². The van der Waals surface area contributed by atoms with Crippen molar-refractivity contribution in [3.63, 3.8) is 0 Å². The molecule has 9 rings (SSSR count). The Morgan fingerprint density at radius 2 is 2.02 bits per heavy atom. The Labute approximate surface area is 272 Å². The number of halogens is 2. The van der Waals surface area contributed by atoms with E-state index in [0.29, 0.717) is 77.3 Å². The van der Waals surface area contributed by atoms with Crippen LogP contribution < -0.4 is 26.2 Å². The number of ether oxygens (including phenoxy) is 2. The van der Waals surface area contributed by atoms with Crippen LogP contribution in [0, 0.1) is 17.1 Å². The van der Waals surface area contributed by atoms with Gasteiger partial charge in [0.2, 0.25) is 5.88 Å². The maximum atomic E-state index is 14.9. The van der Waals surface area contributed by atoms with Crippen LogP contribution in [0.15, 0.2) is 23.0 Å². The van der Waals surface area contributed by atoms with Gasteiger partial charge < -0.3 is 25.4 Å². The first kappa shape index (κ1) is 29.3. The van der Waals surface area contributed by atoms with Crippen molar-refractivity contribution >= 4 is 43.3 Å². The number of aromatic nitrogens is 3. The number of thiazole rings is 1. The third-order valence-corrected chi connectivity index (χ3v) is 11.7. The van der Waals surface area contributed by atoms with Crippen LogP contribution in [0.5, 0.6) is 5.88 Å². The van der Waals surface area contributed by atoms with Gasteiger partial charge in [-0.2, -0.15) is 5.26 Å². The number of nitrogens with one attached hydrogen (secondary N) is 1. The smallest absolute Gasteiger partial charge is 0.263 e. The molecule has 0 radical (unpaired) electrons. The molecule has 8 heterocycles. The van der Waals surface area contributed by atoms with Crippen LogP contribution >= 0.6 is 11.3 Å². The summed E-state index contributed by atoms with van der Waals surface area (Å²) in [5.74, 6) is -0.299. The average Bonchev–Trinajstić information content (AvgIpc) is 3.77. The fourth-order valence-corrected chi connectivity index (χ4v) is 9.37. The fraction of sp³-hybridized carbons (Fsp3) is 0.515. The second-order valence-corrected chi connectivity index (χ2v) is 14.7. The number of piperazine rings is 1. The monoisotopic (exact) mass is 660 g/mol. The fourth-order valence-electron chi connectivity index (χ4n) is 8.61. The molecule has 11 nitrogen and oxygen atoms in total. The molecule has 5 saturated heterocycles. The van der Waals surface area contributed by atoms with Gasteiger partial charge in [-0.25, -0.2) is 18.7 Å². The van der Waals surface area contributed by atoms with Gasteiger partial charge in [0.1, 0.15) is 30.2 Å². The van der Waals surface area contributed by atoms with Crippen molar-refractivity contribution in [2.24, 2.45) is 0 Å². The van der Waals surface area contributed by atoms with Crippen molar-refractivity contribution in [1.29, 1.82) is 5.26 Å². The minimum absolute atomic E-state index is 0.140. The van der Waals surface area contributed by atoms with Gasteiger partial charge in [0.15, 0.2) is 5.13 Å². The predicted octanol–water partition coefficient (Wildman–Crippen LogP) is 3.73. The molecule has 4 aromatic rings. The van der Waals surface area contributed by atoms with Gasteiger partial charge >= 0.3 is 0 Å². The number of anilines is 2. The number of alkyl halides is 1. The highest BCUT2D eigenvalue weighted by atomic mass is 32.1. The van der Waals surface area contributed by atoms with E-state index >= 15 is 0 Å². The standard InChI is InChI=1S/C33H34F2N8O3S/c34-17-9-33(6-1-7-42(33)11-17)16-46-30-22(10-36)28(41-12-18-2-3-19(13-41)38-18)26-24(39-30)8-25(43(31(26)44)20-14-45-15-20)21-4-5-23(35)29-27(21)40-32(37)47-29/h4-5,8,17-20,38H,1-3,6-7,9,11-16H2,(H2,37,40)/t17-,18?,19?,33+/m1/s1. The third kappa shape index (κ3) is 4.54. The average molecular weight is 661 g/mol. The van der Waals surface area contributed by atoms with Gasteiger partial charge in [0, 0.05) is 43.7 Å². The van der Waals surface area contributed by atoms with Crippen LogP contribution in [-0.4, -0.2) is 89.2 Å². The molecule has 3 N–H and O–H groups in total. The lowest BCUT2D eigenvalue weighted by molar-refractivity contribution is -0.0238. The Balaban J connectivity index is 1.27. The highest BCUT2D eigenvalue weighted by molar-refractivity contribution is 7.22. The summed E-state index contributed by atoms with van der Waals surface area (Å²) in [6.07, 6.45) is 3.27. The number of pyridine rings is 2. The first-order chi connectivity index (χ1) is 22.8. The van der Waals surface area contributed by atoms with Gasteiger partial charge in [0.25, 0.3) is 5.56 Å². The Morgan fingerprint density at radius 1 is 1.21 bits per heavy atom. The Morgan fingerprint density at radius 3 is 2.77 bits per heavy atom. The molecule has 5 aliphatic rings. The van der Waals surface area contributed by atoms with Crippen molar-refractivity contribution in [1.82, 2.24) is 24.8 Å². The zero-order chi connectivity index (χ0) is 32.0. The normalized spacial score (nSPS) is 27.4. The van der Waals surface area contributed by atoms with E-state index in [2.05, 4.69) is 26.2 Å². The molecule has 1 aromatic carbocycles. The molecule has 2 bridgehead atoms. The van der Waals surface area contributed by atoms with E-state index in [1.54, 1.807) is 10.6 Å². The molecule has 0 amide bonds. The van der Waals surface area contributed by atoms with Gasteiger partial charge in [0.05, 0.1) is 57.3 Å². The van der Waals surface area contributed by atoms with Crippen LogP contribution in [0.25, 0.3) is 32.4 Å². The predicted molar refractivity (Wildman–Crippen MR) is 174 cm³/mol. The van der Waals surface area contributed by atoms with E-state index in [4.69, 9.17) is 20.2 Å². The summed E-state index contributed by atoms with van der Waals surface area (Å²) in [5, 5.41) is 14.9. The Hall–Kier alpha value is -3.90. The second-order valence-electron chi connectivity index (χ2n) is 13.6. The van der Waals surface area contributed by atoms with E-state index < -0.39 is 17.5 Å². The molecule has 244 valence electrons. The summed E-state index contributed by atoms with van der Waals surface area (Å²) in [4.78, 5) is 28.5. The summed E-state index contributed by atoms with van der Waals surface area (Å²) in [5.41, 5.74) is 7.81. The van der Waals surface area contributed by atoms with Crippen molar-refractivity contribution < 1.29 is 18.3 Å². The summed E-state index contributed by atoms with van der Waals surface area (Å²) >= 11 is 1.05. The minimum Gasteiger partial charge on any atom is -0.475 e. The maximum Gasteiger partial charge on any atom is 0.263 e. The molecule has 3 aromatic heterocycles. The minimum atomic E-state index is -0.922. The van der Waals surface area contributed by atoms with Crippen molar-refractivity contribution in [2.75, 3.05) is 56.6 Å². The summed E-state index contributed by atoms with van der Waals surface area (Å²) in [7, 11) is 0.